The Kier molecular flexibility index (Phi) is 6.10. The Morgan fingerprint density at radius 2 is 1.91 bits per heavy atom. The predicted octanol–water partition coefficient (Wildman–Crippen LogP) is 3.69. The zero-order valence-electron chi connectivity index (χ0n) is 18.9. The van der Waals surface area contributed by atoms with Crippen LogP contribution in [0.1, 0.15) is 43.6 Å². The molecule has 2 aromatic rings. The number of aliphatic carboxylic acids is 1. The molecule has 0 radical (unpaired) electrons. The van der Waals surface area contributed by atoms with E-state index in [-0.39, 0.29) is 11.3 Å². The van der Waals surface area contributed by atoms with Gasteiger partial charge in [0, 0.05) is 36.7 Å². The monoisotopic (exact) mass is 453 g/mol. The second-order valence-corrected chi connectivity index (χ2v) is 10.2. The molecule has 1 aromatic carbocycles. The minimum Gasteiger partial charge on any atom is -0.481 e. The first-order valence-electron chi connectivity index (χ1n) is 12.0. The van der Waals surface area contributed by atoms with E-state index in [1.165, 1.54) is 11.6 Å². The Balaban J connectivity index is 1.21. The smallest absolute Gasteiger partial charge is 0.310 e. The van der Waals surface area contributed by atoms with Gasteiger partial charge >= 0.3 is 5.97 Å². The van der Waals surface area contributed by atoms with Gasteiger partial charge in [0.1, 0.15) is 0 Å². The Morgan fingerprint density at radius 1 is 1.15 bits per heavy atom. The maximum atomic E-state index is 14.1. The molecule has 176 valence electrons. The number of pyridine rings is 1. The molecule has 3 aliphatic rings. The quantitative estimate of drug-likeness (QED) is 0.572. The third-order valence-corrected chi connectivity index (χ3v) is 7.75. The number of ether oxygens (including phenoxy) is 1. The number of hydrogen-bond acceptors (Lipinski definition) is 5. The van der Waals surface area contributed by atoms with Crippen molar-refractivity contribution in [3.05, 3.63) is 60.0 Å². The molecule has 0 spiro atoms. The van der Waals surface area contributed by atoms with Gasteiger partial charge in [-0.15, -0.1) is 0 Å². The van der Waals surface area contributed by atoms with Crippen LogP contribution in [-0.4, -0.2) is 59.8 Å². The molecule has 2 saturated carbocycles. The van der Waals surface area contributed by atoms with E-state index in [2.05, 4.69) is 39.5 Å². The van der Waals surface area contributed by atoms with Crippen LogP contribution in [0.25, 0.3) is 0 Å². The van der Waals surface area contributed by atoms with Crippen molar-refractivity contribution in [2.45, 2.75) is 44.1 Å². The van der Waals surface area contributed by atoms with E-state index >= 15 is 0 Å². The third-order valence-electron chi connectivity index (χ3n) is 7.75. The number of nitrogens with one attached hydrogen (secondary N) is 1. The van der Waals surface area contributed by atoms with Crippen LogP contribution in [0.15, 0.2) is 48.7 Å². The van der Waals surface area contributed by atoms with Crippen molar-refractivity contribution in [1.82, 2.24) is 15.2 Å². The number of carboxylic acids is 1. The summed E-state index contributed by atoms with van der Waals surface area (Å²) in [6.07, 6.45) is 5.98. The van der Waals surface area contributed by atoms with E-state index < -0.39 is 17.2 Å². The number of rotatable bonds is 10. The molecular formula is C26H32FN3O3. The van der Waals surface area contributed by atoms with Crippen molar-refractivity contribution in [3.63, 3.8) is 0 Å². The van der Waals surface area contributed by atoms with Crippen LogP contribution in [0.2, 0.25) is 0 Å². The molecular weight excluding hydrogens is 421 g/mol. The fourth-order valence-electron chi connectivity index (χ4n) is 5.11. The van der Waals surface area contributed by atoms with E-state index in [0.717, 1.165) is 51.7 Å². The summed E-state index contributed by atoms with van der Waals surface area (Å²) in [4.78, 5) is 17.9. The standard InChI is InChI=1S/C26H32FN3O3/c27-21-7-4-12-28-23(21)33-18-25(16-29-22-15-20(22)19-5-2-1-3-6-19)10-13-30(14-11-25)17-26(8-9-26)24(31)32/h1-7,12,20,22,29H,8-11,13-18H2,(H,31,32)/t20-,22+/m0/s1. The van der Waals surface area contributed by atoms with E-state index in [1.54, 1.807) is 12.3 Å². The zero-order chi connectivity index (χ0) is 22.9. The largest absolute Gasteiger partial charge is 0.481 e. The van der Waals surface area contributed by atoms with Crippen molar-refractivity contribution in [2.24, 2.45) is 10.8 Å². The van der Waals surface area contributed by atoms with Crippen LogP contribution in [-0.2, 0) is 4.79 Å². The van der Waals surface area contributed by atoms with Gasteiger partial charge in [-0.1, -0.05) is 30.3 Å². The van der Waals surface area contributed by atoms with E-state index in [1.807, 2.05) is 6.07 Å². The third kappa shape index (κ3) is 5.04. The average molecular weight is 454 g/mol. The lowest BCUT2D eigenvalue weighted by molar-refractivity contribution is -0.144. The molecule has 5 rings (SSSR count). The summed E-state index contributed by atoms with van der Waals surface area (Å²) in [6.45, 7) is 3.48. The molecule has 2 aliphatic carbocycles. The van der Waals surface area contributed by atoms with Crippen LogP contribution >= 0.6 is 0 Å². The minimum absolute atomic E-state index is 0.0516. The predicted molar refractivity (Wildman–Crippen MR) is 123 cm³/mol. The second kappa shape index (κ2) is 9.03. The number of benzene rings is 1. The first kappa shape index (κ1) is 22.3. The molecule has 1 aliphatic heterocycles. The van der Waals surface area contributed by atoms with Gasteiger partial charge in [0.15, 0.2) is 5.82 Å². The summed E-state index contributed by atoms with van der Waals surface area (Å²) in [5.74, 6) is -0.518. The number of halogens is 1. The van der Waals surface area contributed by atoms with E-state index in [4.69, 9.17) is 4.74 Å². The number of aromatic nitrogens is 1. The molecule has 1 saturated heterocycles. The lowest BCUT2D eigenvalue weighted by Gasteiger charge is -2.42. The maximum absolute atomic E-state index is 14.1. The summed E-state index contributed by atoms with van der Waals surface area (Å²) < 4.78 is 20.0. The molecule has 0 bridgehead atoms. The molecule has 33 heavy (non-hydrogen) atoms. The van der Waals surface area contributed by atoms with Gasteiger partial charge < -0.3 is 20.1 Å². The summed E-state index contributed by atoms with van der Waals surface area (Å²) in [5.41, 5.74) is 0.696. The van der Waals surface area contributed by atoms with Crippen molar-refractivity contribution in [2.75, 3.05) is 32.8 Å². The molecule has 2 heterocycles. The molecule has 2 N–H and O–H groups in total. The fraction of sp³-hybridized carbons (Fsp3) is 0.538. The Morgan fingerprint density at radius 3 is 2.58 bits per heavy atom. The molecule has 1 aromatic heterocycles. The normalized spacial score (nSPS) is 25.4. The van der Waals surface area contributed by atoms with Crippen LogP contribution in [0.5, 0.6) is 5.88 Å². The topological polar surface area (TPSA) is 74.7 Å². The van der Waals surface area contributed by atoms with Crippen molar-refractivity contribution in [3.8, 4) is 5.88 Å². The number of hydrogen-bond donors (Lipinski definition) is 2. The summed E-state index contributed by atoms with van der Waals surface area (Å²) >= 11 is 0. The van der Waals surface area contributed by atoms with Gasteiger partial charge in [-0.2, -0.15) is 0 Å². The first-order chi connectivity index (χ1) is 16.0. The summed E-state index contributed by atoms with van der Waals surface area (Å²) in [7, 11) is 0. The second-order valence-electron chi connectivity index (χ2n) is 10.2. The molecule has 7 heteroatoms. The molecule has 0 unspecified atom stereocenters. The van der Waals surface area contributed by atoms with Gasteiger partial charge in [-0.3, -0.25) is 4.79 Å². The van der Waals surface area contributed by atoms with Gasteiger partial charge in [-0.05, 0) is 62.9 Å². The number of carboxylic acid groups (broad SMARTS) is 1. The van der Waals surface area contributed by atoms with Crippen molar-refractivity contribution < 1.29 is 19.0 Å². The lowest BCUT2D eigenvalue weighted by Crippen LogP contribution is -2.50. The van der Waals surface area contributed by atoms with Gasteiger partial charge in [0.2, 0.25) is 5.88 Å². The van der Waals surface area contributed by atoms with Crippen LogP contribution < -0.4 is 10.1 Å². The van der Waals surface area contributed by atoms with Crippen LogP contribution in [0.3, 0.4) is 0 Å². The molecule has 3 fully saturated rings. The summed E-state index contributed by atoms with van der Waals surface area (Å²) in [6, 6.07) is 14.0. The number of piperidine rings is 1. The van der Waals surface area contributed by atoms with Crippen molar-refractivity contribution in [1.29, 1.82) is 0 Å². The Bertz CT molecular complexity index is 974. The first-order valence-corrected chi connectivity index (χ1v) is 12.0. The minimum atomic E-state index is -0.671. The summed E-state index contributed by atoms with van der Waals surface area (Å²) in [5, 5.41) is 13.3. The average Bonchev–Trinajstić information content (AvgIpc) is 3.75. The van der Waals surface area contributed by atoms with Crippen LogP contribution in [0, 0.1) is 16.6 Å². The SMILES string of the molecule is O=C(O)C1(CN2CCC(CN[C@@H]3C[C@H]3c3ccccc3)(COc3ncccc3F)CC2)CC1. The maximum Gasteiger partial charge on any atom is 0.310 e. The van der Waals surface area contributed by atoms with E-state index in [9.17, 15) is 14.3 Å². The molecule has 0 amide bonds. The fourth-order valence-corrected chi connectivity index (χ4v) is 5.11. The highest BCUT2D eigenvalue weighted by Gasteiger charge is 2.52. The highest BCUT2D eigenvalue weighted by atomic mass is 19.1. The van der Waals surface area contributed by atoms with Gasteiger partial charge in [-0.25, -0.2) is 9.37 Å². The van der Waals surface area contributed by atoms with Gasteiger partial charge in [0.25, 0.3) is 0 Å². The number of likely N-dealkylation sites (tertiary alicyclic amines) is 1. The van der Waals surface area contributed by atoms with Crippen LogP contribution in [0.4, 0.5) is 4.39 Å². The highest BCUT2D eigenvalue weighted by molar-refractivity contribution is 5.78. The highest BCUT2D eigenvalue weighted by Crippen LogP contribution is 2.47. The Hall–Kier alpha value is -2.51. The van der Waals surface area contributed by atoms with Crippen molar-refractivity contribution >= 4 is 5.97 Å². The number of nitrogens with zero attached hydrogens (tertiary/aromatic N) is 2. The zero-order valence-corrected chi connectivity index (χ0v) is 18.9. The lowest BCUT2D eigenvalue weighted by atomic mass is 9.78. The number of carbonyl (C=O) groups is 1. The van der Waals surface area contributed by atoms with Gasteiger partial charge in [0.05, 0.1) is 12.0 Å². The Labute approximate surface area is 194 Å². The molecule has 2 atom stereocenters. The molecule has 6 nitrogen and oxygen atoms in total. The van der Waals surface area contributed by atoms with E-state index in [0.29, 0.717) is 25.1 Å².